The molecule has 1 amide bonds. The van der Waals surface area contributed by atoms with Crippen LogP contribution in [0.25, 0.3) is 0 Å². The zero-order valence-electron chi connectivity index (χ0n) is 12.8. The minimum atomic E-state index is -3.11. The molecule has 1 aliphatic heterocycles. The Bertz CT molecular complexity index is 649. The van der Waals surface area contributed by atoms with Crippen LogP contribution in [-0.4, -0.2) is 26.7 Å². The molecule has 1 aromatic rings. The fourth-order valence-electron chi connectivity index (χ4n) is 2.41. The number of sulfone groups is 1. The van der Waals surface area contributed by atoms with Crippen molar-refractivity contribution >= 4 is 15.7 Å². The van der Waals surface area contributed by atoms with Crippen molar-refractivity contribution in [3.05, 3.63) is 41.3 Å². The summed E-state index contributed by atoms with van der Waals surface area (Å²) in [5.74, 6) is 0.453. The zero-order valence-corrected chi connectivity index (χ0v) is 13.6. The summed E-state index contributed by atoms with van der Waals surface area (Å²) in [4.78, 5) is 12.0. The van der Waals surface area contributed by atoms with Gasteiger partial charge in [0.25, 0.3) is 0 Å². The standard InChI is InChI=1S/C16H21NO4S/c1-3-21-15-6-4-14(5-7-15)12(2)17-16(18)10-13-8-9-22(19,20)11-13/h4-9,12-13H,3,10-11H2,1-2H3,(H,17,18). The predicted molar refractivity (Wildman–Crippen MR) is 85.2 cm³/mol. The normalized spacial score (nSPS) is 20.5. The highest BCUT2D eigenvalue weighted by Crippen LogP contribution is 2.20. The lowest BCUT2D eigenvalue weighted by Gasteiger charge is -2.16. The average Bonchev–Trinajstić information content (AvgIpc) is 2.78. The second-order valence-corrected chi connectivity index (χ2v) is 7.34. The van der Waals surface area contributed by atoms with E-state index in [0.717, 1.165) is 11.3 Å². The van der Waals surface area contributed by atoms with Crippen LogP contribution in [0.4, 0.5) is 0 Å². The minimum absolute atomic E-state index is 0.0256. The Morgan fingerprint density at radius 1 is 1.36 bits per heavy atom. The fraction of sp³-hybridized carbons (Fsp3) is 0.438. The van der Waals surface area contributed by atoms with Gasteiger partial charge in [-0.05, 0) is 31.5 Å². The number of carbonyl (C=O) groups excluding carboxylic acids is 1. The van der Waals surface area contributed by atoms with Gasteiger partial charge in [-0.25, -0.2) is 8.42 Å². The van der Waals surface area contributed by atoms with Gasteiger partial charge in [-0.1, -0.05) is 18.2 Å². The first kappa shape index (κ1) is 16.5. The molecular weight excluding hydrogens is 302 g/mol. The highest BCUT2D eigenvalue weighted by molar-refractivity contribution is 7.94. The van der Waals surface area contributed by atoms with Crippen molar-refractivity contribution in [2.24, 2.45) is 5.92 Å². The molecule has 0 saturated carbocycles. The molecule has 1 heterocycles. The number of hydrogen-bond donors (Lipinski definition) is 1. The van der Waals surface area contributed by atoms with Crippen LogP contribution in [0, 0.1) is 5.92 Å². The van der Waals surface area contributed by atoms with Gasteiger partial charge in [0.15, 0.2) is 9.84 Å². The summed E-state index contributed by atoms with van der Waals surface area (Å²) < 4.78 is 28.0. The predicted octanol–water partition coefficient (Wildman–Crippen LogP) is 2.21. The third-order valence-electron chi connectivity index (χ3n) is 3.52. The number of carbonyl (C=O) groups is 1. The molecule has 2 rings (SSSR count). The minimum Gasteiger partial charge on any atom is -0.494 e. The summed E-state index contributed by atoms with van der Waals surface area (Å²) in [6, 6.07) is 7.43. The third kappa shape index (κ3) is 4.59. The van der Waals surface area contributed by atoms with Crippen molar-refractivity contribution in [3.8, 4) is 5.75 Å². The lowest BCUT2D eigenvalue weighted by molar-refractivity contribution is -0.122. The highest BCUT2D eigenvalue weighted by Gasteiger charge is 2.24. The molecular formula is C16H21NO4S. The van der Waals surface area contributed by atoms with E-state index >= 15 is 0 Å². The van der Waals surface area contributed by atoms with Crippen molar-refractivity contribution in [1.82, 2.24) is 5.32 Å². The summed E-state index contributed by atoms with van der Waals surface area (Å²) in [5.41, 5.74) is 0.978. The van der Waals surface area contributed by atoms with Crippen molar-refractivity contribution in [3.63, 3.8) is 0 Å². The Hall–Kier alpha value is -1.82. The van der Waals surface area contributed by atoms with E-state index in [2.05, 4.69) is 5.32 Å². The Balaban J connectivity index is 1.87. The Kier molecular flexibility index (Phi) is 5.24. The second kappa shape index (κ2) is 6.96. The van der Waals surface area contributed by atoms with Crippen molar-refractivity contribution < 1.29 is 17.9 Å². The molecule has 1 N–H and O–H groups in total. The van der Waals surface area contributed by atoms with E-state index in [4.69, 9.17) is 4.74 Å². The first-order valence-corrected chi connectivity index (χ1v) is 9.04. The van der Waals surface area contributed by atoms with Crippen LogP contribution in [0.15, 0.2) is 35.7 Å². The number of ether oxygens (including phenoxy) is 1. The second-order valence-electron chi connectivity index (χ2n) is 5.41. The van der Waals surface area contributed by atoms with Crippen LogP contribution in [0.2, 0.25) is 0 Å². The van der Waals surface area contributed by atoms with E-state index < -0.39 is 9.84 Å². The van der Waals surface area contributed by atoms with Gasteiger partial charge in [0.05, 0.1) is 18.4 Å². The van der Waals surface area contributed by atoms with Crippen molar-refractivity contribution in [1.29, 1.82) is 0 Å². The van der Waals surface area contributed by atoms with E-state index in [0.29, 0.717) is 6.61 Å². The summed E-state index contributed by atoms with van der Waals surface area (Å²) in [6.45, 7) is 4.44. The summed E-state index contributed by atoms with van der Waals surface area (Å²) in [5, 5.41) is 4.09. The molecule has 6 heteroatoms. The highest BCUT2D eigenvalue weighted by atomic mass is 32.2. The van der Waals surface area contributed by atoms with Crippen LogP contribution in [0.1, 0.15) is 31.9 Å². The van der Waals surface area contributed by atoms with Gasteiger partial charge in [-0.3, -0.25) is 4.79 Å². The fourth-order valence-corrected chi connectivity index (χ4v) is 3.81. The first-order chi connectivity index (χ1) is 10.4. The lowest BCUT2D eigenvalue weighted by Crippen LogP contribution is -2.28. The number of nitrogens with one attached hydrogen (secondary N) is 1. The van der Waals surface area contributed by atoms with Gasteiger partial charge in [-0.2, -0.15) is 0 Å². The van der Waals surface area contributed by atoms with Gasteiger partial charge in [0.1, 0.15) is 5.75 Å². The molecule has 0 spiro atoms. The summed E-state index contributed by atoms with van der Waals surface area (Å²) in [7, 11) is -3.11. The molecule has 1 aliphatic rings. The van der Waals surface area contributed by atoms with Gasteiger partial charge in [-0.15, -0.1) is 0 Å². The monoisotopic (exact) mass is 323 g/mol. The molecule has 120 valence electrons. The molecule has 0 aliphatic carbocycles. The lowest BCUT2D eigenvalue weighted by atomic mass is 10.1. The smallest absolute Gasteiger partial charge is 0.221 e. The molecule has 0 bridgehead atoms. The topological polar surface area (TPSA) is 72.5 Å². The van der Waals surface area contributed by atoms with Crippen LogP contribution in [0.5, 0.6) is 5.75 Å². The Morgan fingerprint density at radius 3 is 2.59 bits per heavy atom. The molecule has 22 heavy (non-hydrogen) atoms. The molecule has 0 radical (unpaired) electrons. The van der Waals surface area contributed by atoms with E-state index in [1.54, 1.807) is 6.08 Å². The Morgan fingerprint density at radius 2 is 2.05 bits per heavy atom. The van der Waals surface area contributed by atoms with E-state index in [1.807, 2.05) is 38.1 Å². The average molecular weight is 323 g/mol. The summed E-state index contributed by atoms with van der Waals surface area (Å²) in [6.07, 6.45) is 1.79. The maximum absolute atomic E-state index is 12.0. The summed E-state index contributed by atoms with van der Waals surface area (Å²) >= 11 is 0. The van der Waals surface area contributed by atoms with Crippen LogP contribution in [0.3, 0.4) is 0 Å². The zero-order chi connectivity index (χ0) is 16.2. The molecule has 2 unspecified atom stereocenters. The van der Waals surface area contributed by atoms with Gasteiger partial charge in [0.2, 0.25) is 5.91 Å². The van der Waals surface area contributed by atoms with Gasteiger partial charge in [0, 0.05) is 17.7 Å². The maximum Gasteiger partial charge on any atom is 0.221 e. The number of amides is 1. The number of allylic oxidation sites excluding steroid dienone is 1. The van der Waals surface area contributed by atoms with Gasteiger partial charge >= 0.3 is 0 Å². The molecule has 1 aromatic carbocycles. The van der Waals surface area contributed by atoms with E-state index in [1.165, 1.54) is 5.41 Å². The molecule has 2 atom stereocenters. The maximum atomic E-state index is 12.0. The Labute approximate surface area is 131 Å². The number of benzene rings is 1. The molecule has 0 aromatic heterocycles. The van der Waals surface area contributed by atoms with E-state index in [-0.39, 0.29) is 30.0 Å². The third-order valence-corrected chi connectivity index (χ3v) is 4.99. The quantitative estimate of drug-likeness (QED) is 0.871. The molecule has 0 saturated heterocycles. The largest absolute Gasteiger partial charge is 0.494 e. The van der Waals surface area contributed by atoms with E-state index in [9.17, 15) is 13.2 Å². The van der Waals surface area contributed by atoms with Gasteiger partial charge < -0.3 is 10.1 Å². The first-order valence-electron chi connectivity index (χ1n) is 7.32. The van der Waals surface area contributed by atoms with Crippen LogP contribution < -0.4 is 10.1 Å². The van der Waals surface area contributed by atoms with Crippen molar-refractivity contribution in [2.45, 2.75) is 26.3 Å². The molecule has 0 fully saturated rings. The number of hydrogen-bond acceptors (Lipinski definition) is 4. The number of rotatable bonds is 6. The van der Waals surface area contributed by atoms with Crippen molar-refractivity contribution in [2.75, 3.05) is 12.4 Å². The van der Waals surface area contributed by atoms with Crippen LogP contribution in [-0.2, 0) is 14.6 Å². The molecule has 5 nitrogen and oxygen atoms in total. The van der Waals surface area contributed by atoms with Crippen LogP contribution >= 0.6 is 0 Å². The SMILES string of the molecule is CCOc1ccc(C(C)NC(=O)CC2C=CS(=O)(=O)C2)cc1.